The molecule has 3 fully saturated rings. The second-order valence-electron chi connectivity index (χ2n) is 12.5. The maximum atomic E-state index is 15.0. The van der Waals surface area contributed by atoms with E-state index < -0.39 is 28.7 Å². The second kappa shape index (κ2) is 13.0. The van der Waals surface area contributed by atoms with E-state index in [4.69, 9.17) is 0 Å². The van der Waals surface area contributed by atoms with Gasteiger partial charge < -0.3 is 19.8 Å². The third kappa shape index (κ3) is 5.18. The highest BCUT2D eigenvalue weighted by Gasteiger charge is 2.76. The molecule has 2 bridgehead atoms. The van der Waals surface area contributed by atoms with Gasteiger partial charge in [-0.1, -0.05) is 77.5 Å². The van der Waals surface area contributed by atoms with Crippen LogP contribution in [-0.2, 0) is 21.1 Å². The van der Waals surface area contributed by atoms with E-state index in [0.717, 1.165) is 11.2 Å². The summed E-state index contributed by atoms with van der Waals surface area (Å²) in [4.78, 5) is 49.2. The van der Waals surface area contributed by atoms with Gasteiger partial charge in [-0.25, -0.2) is 4.68 Å². The molecule has 1 aromatic heterocycles. The van der Waals surface area contributed by atoms with E-state index in [1.165, 1.54) is 0 Å². The SMILES string of the molecule is C=CCN(Cn1nnc2ccccc21)C(=O)C1N([C@@H](CO)C(C)C)C(=O)[C@@H]2[C@H](C(=O)N(CC=C)c3ccccc3)[C@H]3SC12CC3Br. The molecular weight excluding hydrogens is 668 g/mol. The van der Waals surface area contributed by atoms with Crippen molar-refractivity contribution in [2.75, 3.05) is 24.6 Å². The van der Waals surface area contributed by atoms with Crippen molar-refractivity contribution in [2.45, 2.75) is 53.8 Å². The van der Waals surface area contributed by atoms with Crippen LogP contribution in [0, 0.1) is 17.8 Å². The van der Waals surface area contributed by atoms with Crippen molar-refractivity contribution in [3.05, 3.63) is 79.9 Å². The number of anilines is 1. The number of hydrogen-bond donors (Lipinski definition) is 1. The maximum Gasteiger partial charge on any atom is 0.248 e. The number of amides is 3. The number of alkyl halides is 1. The van der Waals surface area contributed by atoms with Crippen LogP contribution in [0.4, 0.5) is 5.69 Å². The Bertz CT molecular complexity index is 1650. The zero-order valence-corrected chi connectivity index (χ0v) is 28.4. The number of hydrogen-bond acceptors (Lipinski definition) is 7. The fraction of sp³-hybridized carbons (Fsp3) is 0.441. The van der Waals surface area contributed by atoms with Gasteiger partial charge in [-0.15, -0.1) is 30.0 Å². The topological polar surface area (TPSA) is 112 Å². The zero-order chi connectivity index (χ0) is 32.7. The Balaban J connectivity index is 1.43. The van der Waals surface area contributed by atoms with Gasteiger partial charge in [0.25, 0.3) is 0 Å². The predicted octanol–water partition coefficient (Wildman–Crippen LogP) is 4.10. The first kappa shape index (κ1) is 32.5. The van der Waals surface area contributed by atoms with Crippen LogP contribution >= 0.6 is 27.7 Å². The third-order valence-corrected chi connectivity index (χ3v) is 12.8. The molecule has 242 valence electrons. The van der Waals surface area contributed by atoms with Gasteiger partial charge in [0.15, 0.2) is 0 Å². The number of halogens is 1. The molecule has 3 saturated heterocycles. The van der Waals surface area contributed by atoms with E-state index in [1.54, 1.807) is 43.3 Å². The van der Waals surface area contributed by atoms with Gasteiger partial charge in [0, 0.05) is 28.9 Å². The molecule has 3 aliphatic rings. The number of thioether (sulfide) groups is 1. The average molecular weight is 708 g/mol. The quantitative estimate of drug-likeness (QED) is 0.223. The lowest BCUT2D eigenvalue weighted by atomic mass is 9.70. The molecule has 3 unspecified atom stereocenters. The minimum absolute atomic E-state index is 0.0918. The lowest BCUT2D eigenvalue weighted by Crippen LogP contribution is -2.59. The highest BCUT2D eigenvalue weighted by atomic mass is 79.9. The van der Waals surface area contributed by atoms with Crippen LogP contribution in [0.5, 0.6) is 0 Å². The van der Waals surface area contributed by atoms with Crippen molar-refractivity contribution in [3.63, 3.8) is 0 Å². The van der Waals surface area contributed by atoms with Crippen molar-refractivity contribution >= 4 is 62.1 Å². The summed E-state index contributed by atoms with van der Waals surface area (Å²) in [6.45, 7) is 12.0. The first-order chi connectivity index (χ1) is 22.2. The largest absolute Gasteiger partial charge is 0.394 e. The second-order valence-corrected chi connectivity index (χ2v) is 15.3. The van der Waals surface area contributed by atoms with E-state index >= 15 is 0 Å². The Morgan fingerprint density at radius 2 is 1.80 bits per heavy atom. The molecule has 3 amide bonds. The fourth-order valence-corrected chi connectivity index (χ4v) is 11.2. The number of carbonyl (C=O) groups excluding carboxylic acids is 3. The number of aromatic nitrogens is 3. The zero-order valence-electron chi connectivity index (χ0n) is 26.0. The van der Waals surface area contributed by atoms with Crippen molar-refractivity contribution in [2.24, 2.45) is 17.8 Å². The number of aliphatic hydroxyl groups is 1. The van der Waals surface area contributed by atoms with Crippen LogP contribution in [0.3, 0.4) is 0 Å². The summed E-state index contributed by atoms with van der Waals surface area (Å²) in [5, 5.41) is 19.0. The van der Waals surface area contributed by atoms with Gasteiger partial charge in [-0.2, -0.15) is 0 Å². The van der Waals surface area contributed by atoms with Crippen molar-refractivity contribution in [1.29, 1.82) is 0 Å². The van der Waals surface area contributed by atoms with Gasteiger partial charge in [0.1, 0.15) is 18.2 Å². The van der Waals surface area contributed by atoms with E-state index in [1.807, 2.05) is 68.4 Å². The Hall–Kier alpha value is -3.48. The summed E-state index contributed by atoms with van der Waals surface area (Å²) in [6.07, 6.45) is 3.88. The lowest BCUT2D eigenvalue weighted by molar-refractivity contribution is -0.147. The van der Waals surface area contributed by atoms with Crippen LogP contribution in [0.25, 0.3) is 11.0 Å². The van der Waals surface area contributed by atoms with E-state index in [0.29, 0.717) is 11.9 Å². The molecule has 0 aliphatic carbocycles. The van der Waals surface area contributed by atoms with Gasteiger partial charge >= 0.3 is 0 Å². The van der Waals surface area contributed by atoms with Crippen LogP contribution in [-0.4, -0.2) is 94.2 Å². The minimum atomic E-state index is -0.906. The molecule has 1 N–H and O–H groups in total. The van der Waals surface area contributed by atoms with Gasteiger partial charge in [-0.3, -0.25) is 14.4 Å². The average Bonchev–Trinajstić information content (AvgIpc) is 3.77. The Labute approximate surface area is 281 Å². The van der Waals surface area contributed by atoms with Crippen LogP contribution in [0.2, 0.25) is 0 Å². The normalized spacial score (nSPS) is 27.2. The first-order valence-electron chi connectivity index (χ1n) is 15.6. The van der Waals surface area contributed by atoms with Crippen LogP contribution in [0.15, 0.2) is 79.9 Å². The molecule has 46 heavy (non-hydrogen) atoms. The summed E-state index contributed by atoms with van der Waals surface area (Å²) >= 11 is 5.45. The minimum Gasteiger partial charge on any atom is -0.394 e. The molecule has 6 rings (SSSR count). The molecule has 12 heteroatoms. The number of aliphatic hydroxyl groups excluding tert-OH is 1. The summed E-state index contributed by atoms with van der Waals surface area (Å²) in [7, 11) is 0. The van der Waals surface area contributed by atoms with E-state index in [-0.39, 0.29) is 60.1 Å². The number of likely N-dealkylation sites (tertiary alicyclic amines) is 1. The molecule has 4 heterocycles. The molecule has 2 aromatic carbocycles. The van der Waals surface area contributed by atoms with E-state index in [9.17, 15) is 19.5 Å². The van der Waals surface area contributed by atoms with Gasteiger partial charge in [0.2, 0.25) is 17.7 Å². The molecule has 0 saturated carbocycles. The van der Waals surface area contributed by atoms with Gasteiger partial charge in [0.05, 0.1) is 34.7 Å². The number of carbonyl (C=O) groups is 3. The Morgan fingerprint density at radius 3 is 2.48 bits per heavy atom. The molecule has 10 nitrogen and oxygen atoms in total. The van der Waals surface area contributed by atoms with Crippen molar-refractivity contribution in [1.82, 2.24) is 24.8 Å². The summed E-state index contributed by atoms with van der Waals surface area (Å²) in [5.74, 6) is -2.22. The molecule has 3 aliphatic heterocycles. The highest BCUT2D eigenvalue weighted by molar-refractivity contribution is 9.09. The number of rotatable bonds is 12. The maximum absolute atomic E-state index is 15.0. The molecule has 3 aromatic rings. The van der Waals surface area contributed by atoms with Crippen LogP contribution < -0.4 is 4.90 Å². The highest BCUT2D eigenvalue weighted by Crippen LogP contribution is 2.68. The Kier molecular flexibility index (Phi) is 9.15. The number of para-hydroxylation sites is 2. The third-order valence-electron chi connectivity index (χ3n) is 9.59. The molecule has 7 atom stereocenters. The molecule has 1 spiro atoms. The fourth-order valence-electron chi connectivity index (χ4n) is 7.58. The smallest absolute Gasteiger partial charge is 0.248 e. The van der Waals surface area contributed by atoms with E-state index in [2.05, 4.69) is 39.4 Å². The standard InChI is InChI=1S/C34H39BrN6O4S/c1-5-16-38(20-40-25-15-11-10-14-24(25)36-37-40)33(45)30-34-18-23(35)29(46-34)27(28(34)32(44)41(30)26(19-42)21(3)4)31(43)39(17-6-2)22-12-8-7-9-13-22/h5-15,21,23,26-30,42H,1-2,16-20H2,3-4H3/t23?,26-,27-,28-,29-,30?,34?/m0/s1. The molecule has 0 radical (unpaired) electrons. The Morgan fingerprint density at radius 1 is 1.11 bits per heavy atom. The summed E-state index contributed by atoms with van der Waals surface area (Å²) in [5.41, 5.74) is 2.21. The number of benzene rings is 2. The van der Waals surface area contributed by atoms with Crippen molar-refractivity contribution in [3.8, 4) is 0 Å². The lowest BCUT2D eigenvalue weighted by Gasteiger charge is -2.40. The first-order valence-corrected chi connectivity index (χ1v) is 17.4. The van der Waals surface area contributed by atoms with Crippen LogP contribution in [0.1, 0.15) is 20.3 Å². The summed E-state index contributed by atoms with van der Waals surface area (Å²) in [6, 6.07) is 15.4. The van der Waals surface area contributed by atoms with Crippen molar-refractivity contribution < 1.29 is 19.5 Å². The monoisotopic (exact) mass is 706 g/mol. The number of nitrogens with zero attached hydrogens (tertiary/aromatic N) is 6. The molecular formula is C34H39BrN6O4S. The number of fused-ring (bicyclic) bond motifs is 2. The summed E-state index contributed by atoms with van der Waals surface area (Å²) < 4.78 is 0.793. The predicted molar refractivity (Wildman–Crippen MR) is 183 cm³/mol. The van der Waals surface area contributed by atoms with Gasteiger partial charge in [-0.05, 0) is 36.6 Å².